The molecule has 0 aromatic carbocycles. The molecule has 1 N–H and O–H groups in total. The summed E-state index contributed by atoms with van der Waals surface area (Å²) in [6.07, 6.45) is 8.09. The fraction of sp³-hybridized carbons (Fsp3) is 0.350. The SMILES string of the molecule is CCN(Cc1ccncc1)C1CCc2[nH]n(-c3ccccn3)c(=O)c2C1. The number of likely N-dealkylation sites (N-methyl/N-ethyl adjacent to an activating group) is 1. The highest BCUT2D eigenvalue weighted by Crippen LogP contribution is 2.23. The van der Waals surface area contributed by atoms with Crippen molar-refractivity contribution < 1.29 is 0 Å². The summed E-state index contributed by atoms with van der Waals surface area (Å²) in [5.74, 6) is 0.646. The van der Waals surface area contributed by atoms with Gasteiger partial charge in [0.25, 0.3) is 5.56 Å². The first-order chi connectivity index (χ1) is 12.8. The van der Waals surface area contributed by atoms with E-state index in [0.29, 0.717) is 11.9 Å². The number of fused-ring (bicyclic) bond motifs is 1. The third-order valence-electron chi connectivity index (χ3n) is 5.18. The lowest BCUT2D eigenvalue weighted by Crippen LogP contribution is -2.39. The largest absolute Gasteiger partial charge is 0.296 e. The summed E-state index contributed by atoms with van der Waals surface area (Å²) in [6, 6.07) is 10.1. The Labute approximate surface area is 152 Å². The quantitative estimate of drug-likeness (QED) is 0.768. The van der Waals surface area contributed by atoms with Crippen LogP contribution in [-0.4, -0.2) is 37.2 Å². The number of nitrogens with zero attached hydrogens (tertiary/aromatic N) is 4. The van der Waals surface area contributed by atoms with Crippen LogP contribution in [0.3, 0.4) is 0 Å². The number of hydrogen-bond acceptors (Lipinski definition) is 4. The predicted molar refractivity (Wildman–Crippen MR) is 100 cm³/mol. The van der Waals surface area contributed by atoms with Gasteiger partial charge in [0.15, 0.2) is 5.82 Å². The molecule has 0 aliphatic heterocycles. The smallest absolute Gasteiger partial charge is 0.276 e. The van der Waals surface area contributed by atoms with Crippen LogP contribution in [0.15, 0.2) is 53.7 Å². The van der Waals surface area contributed by atoms with Crippen LogP contribution in [0.2, 0.25) is 0 Å². The zero-order valence-corrected chi connectivity index (χ0v) is 14.9. The van der Waals surface area contributed by atoms with Crippen LogP contribution in [0.25, 0.3) is 5.82 Å². The molecular weight excluding hydrogens is 326 g/mol. The molecule has 1 aliphatic carbocycles. The summed E-state index contributed by atoms with van der Waals surface area (Å²) in [5.41, 5.74) is 3.24. The molecule has 0 radical (unpaired) electrons. The Kier molecular flexibility index (Phi) is 4.67. The summed E-state index contributed by atoms with van der Waals surface area (Å²) in [6.45, 7) is 4.03. The summed E-state index contributed by atoms with van der Waals surface area (Å²) in [5, 5.41) is 3.26. The molecule has 3 aromatic rings. The first-order valence-corrected chi connectivity index (χ1v) is 9.13. The molecule has 0 fully saturated rings. The third kappa shape index (κ3) is 3.20. The van der Waals surface area contributed by atoms with Gasteiger partial charge in [-0.2, -0.15) is 0 Å². The average molecular weight is 349 g/mol. The molecule has 1 atom stereocenters. The van der Waals surface area contributed by atoms with Gasteiger partial charge in [-0.25, -0.2) is 9.67 Å². The maximum absolute atomic E-state index is 12.9. The van der Waals surface area contributed by atoms with Crippen molar-refractivity contribution >= 4 is 0 Å². The molecule has 4 rings (SSSR count). The lowest BCUT2D eigenvalue weighted by Gasteiger charge is -2.33. The number of rotatable bonds is 5. The first kappa shape index (κ1) is 16.7. The van der Waals surface area contributed by atoms with Crippen LogP contribution < -0.4 is 5.56 Å². The Morgan fingerprint density at radius 3 is 2.81 bits per heavy atom. The zero-order valence-electron chi connectivity index (χ0n) is 14.9. The van der Waals surface area contributed by atoms with E-state index in [2.05, 4.69) is 39.0 Å². The van der Waals surface area contributed by atoms with Gasteiger partial charge in [0.05, 0.1) is 0 Å². The van der Waals surface area contributed by atoms with E-state index < -0.39 is 0 Å². The van der Waals surface area contributed by atoms with E-state index in [1.54, 1.807) is 10.9 Å². The second-order valence-corrected chi connectivity index (χ2v) is 6.71. The fourth-order valence-electron chi connectivity index (χ4n) is 3.76. The Bertz CT molecular complexity index is 916. The van der Waals surface area contributed by atoms with Crippen molar-refractivity contribution in [2.24, 2.45) is 0 Å². The van der Waals surface area contributed by atoms with E-state index in [9.17, 15) is 4.79 Å². The Morgan fingerprint density at radius 2 is 2.08 bits per heavy atom. The van der Waals surface area contributed by atoms with Crippen LogP contribution >= 0.6 is 0 Å². The number of aromatic nitrogens is 4. The van der Waals surface area contributed by atoms with Crippen molar-refractivity contribution in [2.75, 3.05) is 6.54 Å². The lowest BCUT2D eigenvalue weighted by atomic mass is 9.92. The fourth-order valence-corrected chi connectivity index (χ4v) is 3.76. The highest BCUT2D eigenvalue weighted by Gasteiger charge is 2.28. The number of H-pyrrole nitrogens is 1. The Morgan fingerprint density at radius 1 is 1.23 bits per heavy atom. The van der Waals surface area contributed by atoms with Gasteiger partial charge in [0, 0.05) is 42.4 Å². The molecule has 0 saturated heterocycles. The second-order valence-electron chi connectivity index (χ2n) is 6.71. The van der Waals surface area contributed by atoms with E-state index >= 15 is 0 Å². The Hall–Kier alpha value is -2.73. The normalized spacial score (nSPS) is 16.6. The summed E-state index contributed by atoms with van der Waals surface area (Å²) in [4.78, 5) is 23.7. The average Bonchev–Trinajstić information content (AvgIpc) is 3.04. The topological polar surface area (TPSA) is 66.8 Å². The molecule has 0 spiro atoms. The molecule has 0 amide bonds. The van der Waals surface area contributed by atoms with Crippen molar-refractivity contribution in [1.29, 1.82) is 0 Å². The van der Waals surface area contributed by atoms with Gasteiger partial charge < -0.3 is 0 Å². The van der Waals surface area contributed by atoms with Gasteiger partial charge in [-0.3, -0.25) is 19.8 Å². The minimum Gasteiger partial charge on any atom is -0.296 e. The minimum atomic E-state index is 0.0309. The predicted octanol–water partition coefficient (Wildman–Crippen LogP) is 2.33. The van der Waals surface area contributed by atoms with Crippen molar-refractivity contribution in [1.82, 2.24) is 24.6 Å². The van der Waals surface area contributed by atoms with Gasteiger partial charge in [-0.05, 0) is 55.6 Å². The summed E-state index contributed by atoms with van der Waals surface area (Å²) < 4.78 is 1.58. The van der Waals surface area contributed by atoms with Crippen LogP contribution in [0.4, 0.5) is 0 Å². The van der Waals surface area contributed by atoms with Gasteiger partial charge in [0.2, 0.25) is 0 Å². The Balaban J connectivity index is 1.57. The first-order valence-electron chi connectivity index (χ1n) is 9.13. The lowest BCUT2D eigenvalue weighted by molar-refractivity contribution is 0.180. The molecule has 0 saturated carbocycles. The van der Waals surface area contributed by atoms with Crippen molar-refractivity contribution in [3.63, 3.8) is 0 Å². The van der Waals surface area contributed by atoms with E-state index in [0.717, 1.165) is 43.6 Å². The van der Waals surface area contributed by atoms with E-state index in [1.807, 2.05) is 30.6 Å². The van der Waals surface area contributed by atoms with E-state index in [-0.39, 0.29) is 5.56 Å². The number of pyridine rings is 2. The number of hydrogen-bond donors (Lipinski definition) is 1. The van der Waals surface area contributed by atoms with E-state index in [4.69, 9.17) is 0 Å². The number of nitrogens with one attached hydrogen (secondary N) is 1. The van der Waals surface area contributed by atoms with Crippen molar-refractivity contribution in [2.45, 2.75) is 38.8 Å². The molecule has 3 aromatic heterocycles. The summed E-state index contributed by atoms with van der Waals surface area (Å²) >= 11 is 0. The highest BCUT2D eigenvalue weighted by atomic mass is 16.1. The second kappa shape index (κ2) is 7.25. The van der Waals surface area contributed by atoms with E-state index in [1.165, 1.54) is 5.56 Å². The molecule has 6 nitrogen and oxygen atoms in total. The van der Waals surface area contributed by atoms with Gasteiger partial charge in [0.1, 0.15) is 0 Å². The molecule has 6 heteroatoms. The molecule has 3 heterocycles. The number of aromatic amines is 1. The maximum Gasteiger partial charge on any atom is 0.276 e. The highest BCUT2D eigenvalue weighted by molar-refractivity contribution is 5.29. The molecule has 0 bridgehead atoms. The van der Waals surface area contributed by atoms with Crippen molar-refractivity contribution in [3.8, 4) is 5.82 Å². The third-order valence-corrected chi connectivity index (χ3v) is 5.18. The van der Waals surface area contributed by atoms with Crippen LogP contribution in [0, 0.1) is 0 Å². The molecular formula is C20H23N5O. The molecule has 134 valence electrons. The van der Waals surface area contributed by atoms with Gasteiger partial charge in [-0.1, -0.05) is 13.0 Å². The van der Waals surface area contributed by atoms with Gasteiger partial charge in [-0.15, -0.1) is 0 Å². The zero-order chi connectivity index (χ0) is 17.9. The maximum atomic E-state index is 12.9. The minimum absolute atomic E-state index is 0.0309. The molecule has 1 unspecified atom stereocenters. The van der Waals surface area contributed by atoms with Crippen LogP contribution in [0.1, 0.15) is 30.2 Å². The standard InChI is InChI=1S/C20H23N5O/c1-2-24(14-15-8-11-21-12-9-15)16-6-7-18-17(13-16)20(26)25(23-18)19-5-3-4-10-22-19/h3-5,8-12,16,23H,2,6-7,13-14H2,1H3. The van der Waals surface area contributed by atoms with Crippen molar-refractivity contribution in [3.05, 3.63) is 76.1 Å². The van der Waals surface area contributed by atoms with Gasteiger partial charge >= 0.3 is 0 Å². The molecule has 26 heavy (non-hydrogen) atoms. The van der Waals surface area contributed by atoms with Crippen LogP contribution in [0.5, 0.6) is 0 Å². The monoisotopic (exact) mass is 349 g/mol. The molecule has 1 aliphatic rings. The number of aryl methyl sites for hydroxylation is 1. The summed E-state index contributed by atoms with van der Waals surface area (Å²) in [7, 11) is 0. The van der Waals surface area contributed by atoms with Crippen LogP contribution in [-0.2, 0) is 19.4 Å².